The van der Waals surface area contributed by atoms with Crippen LogP contribution in [0.3, 0.4) is 0 Å². The van der Waals surface area contributed by atoms with Gasteiger partial charge in [0.1, 0.15) is 4.90 Å². The summed E-state index contributed by atoms with van der Waals surface area (Å²) in [6, 6.07) is 5.08. The summed E-state index contributed by atoms with van der Waals surface area (Å²) in [4.78, 5) is 11.6. The molecule has 1 aromatic carbocycles. The third kappa shape index (κ3) is 2.68. The number of rotatable bonds is 4. The van der Waals surface area contributed by atoms with Gasteiger partial charge in [0, 0.05) is 13.6 Å². The van der Waals surface area contributed by atoms with Gasteiger partial charge in [-0.2, -0.15) is 5.10 Å². The molecule has 0 atom stereocenters. The van der Waals surface area contributed by atoms with Gasteiger partial charge < -0.3 is 4.42 Å². The van der Waals surface area contributed by atoms with Crippen LogP contribution in [-0.2, 0) is 23.6 Å². The van der Waals surface area contributed by atoms with E-state index in [9.17, 15) is 13.2 Å². The molecule has 0 amide bonds. The third-order valence-electron chi connectivity index (χ3n) is 3.65. The van der Waals surface area contributed by atoms with Crippen molar-refractivity contribution in [2.24, 2.45) is 7.05 Å². The van der Waals surface area contributed by atoms with E-state index in [1.165, 1.54) is 4.57 Å². The fraction of sp³-hybridized carbons (Fsp3) is 0.286. The number of hydrogen-bond donors (Lipinski definition) is 2. The quantitative estimate of drug-likeness (QED) is 0.737. The van der Waals surface area contributed by atoms with Gasteiger partial charge in [-0.3, -0.25) is 9.67 Å². The summed E-state index contributed by atoms with van der Waals surface area (Å²) < 4.78 is 33.8. The highest BCUT2D eigenvalue weighted by atomic mass is 32.2. The molecule has 9 heteroatoms. The van der Waals surface area contributed by atoms with E-state index in [0.29, 0.717) is 22.5 Å². The first-order valence-electron chi connectivity index (χ1n) is 6.89. The maximum Gasteiger partial charge on any atom is 0.419 e. The molecule has 23 heavy (non-hydrogen) atoms. The fourth-order valence-corrected chi connectivity index (χ4v) is 3.85. The van der Waals surface area contributed by atoms with Crippen LogP contribution in [-0.4, -0.2) is 23.2 Å². The van der Waals surface area contributed by atoms with Crippen LogP contribution in [0.5, 0.6) is 0 Å². The highest BCUT2D eigenvalue weighted by Gasteiger charge is 2.21. The summed E-state index contributed by atoms with van der Waals surface area (Å²) in [5, 5.41) is 6.55. The van der Waals surface area contributed by atoms with Gasteiger partial charge in [-0.05, 0) is 31.5 Å². The Bertz CT molecular complexity index is 1020. The second-order valence-corrected chi connectivity index (χ2v) is 7.02. The van der Waals surface area contributed by atoms with Crippen molar-refractivity contribution < 1.29 is 12.8 Å². The van der Waals surface area contributed by atoms with Crippen LogP contribution in [0.4, 0.5) is 0 Å². The molecule has 0 saturated heterocycles. The van der Waals surface area contributed by atoms with Crippen molar-refractivity contribution in [1.29, 1.82) is 0 Å². The fourth-order valence-electron chi connectivity index (χ4n) is 2.47. The standard InChI is InChI=1S/C14H16N4O4S/c1-8-13(9(2)17-16-8)23(20,21)15-7-10-4-5-12-11(6-10)18(3)14(19)22-12/h4-6,15H,7H2,1-3H3,(H,16,17). The van der Waals surface area contributed by atoms with Crippen molar-refractivity contribution in [3.05, 3.63) is 45.7 Å². The Morgan fingerprint density at radius 2 is 2.09 bits per heavy atom. The molecular weight excluding hydrogens is 320 g/mol. The molecule has 0 aliphatic heterocycles. The average Bonchev–Trinajstić information content (AvgIpc) is 2.98. The highest BCUT2D eigenvalue weighted by Crippen LogP contribution is 2.18. The van der Waals surface area contributed by atoms with E-state index in [0.717, 1.165) is 5.56 Å². The predicted molar refractivity (Wildman–Crippen MR) is 83.5 cm³/mol. The van der Waals surface area contributed by atoms with Gasteiger partial charge in [0.2, 0.25) is 10.0 Å². The Labute approximate surface area is 132 Å². The number of aromatic amines is 1. The lowest BCUT2D eigenvalue weighted by molar-refractivity contribution is 0.528. The number of hydrogen-bond acceptors (Lipinski definition) is 5. The topological polar surface area (TPSA) is 110 Å². The Morgan fingerprint density at radius 1 is 1.35 bits per heavy atom. The molecule has 3 aromatic rings. The minimum atomic E-state index is -3.67. The van der Waals surface area contributed by atoms with E-state index in [4.69, 9.17) is 4.42 Å². The average molecular weight is 336 g/mol. The van der Waals surface area contributed by atoms with Crippen LogP contribution in [0, 0.1) is 13.8 Å². The monoisotopic (exact) mass is 336 g/mol. The third-order valence-corrected chi connectivity index (χ3v) is 5.31. The summed E-state index contributed by atoms with van der Waals surface area (Å²) in [7, 11) is -2.07. The molecule has 0 spiro atoms. The number of oxazole rings is 1. The van der Waals surface area contributed by atoms with Gasteiger partial charge in [0.05, 0.1) is 16.9 Å². The largest absolute Gasteiger partial charge is 0.419 e. The molecule has 0 fully saturated rings. The van der Waals surface area contributed by atoms with Gasteiger partial charge in [-0.1, -0.05) is 6.07 Å². The maximum atomic E-state index is 12.4. The van der Waals surface area contributed by atoms with Crippen LogP contribution in [0.1, 0.15) is 17.0 Å². The lowest BCUT2D eigenvalue weighted by atomic mass is 10.2. The Kier molecular flexibility index (Phi) is 3.61. The highest BCUT2D eigenvalue weighted by molar-refractivity contribution is 7.89. The minimum absolute atomic E-state index is 0.0989. The van der Waals surface area contributed by atoms with E-state index < -0.39 is 15.8 Å². The van der Waals surface area contributed by atoms with Gasteiger partial charge in [-0.15, -0.1) is 0 Å². The number of fused-ring (bicyclic) bond motifs is 1. The molecule has 0 radical (unpaired) electrons. The molecule has 2 N–H and O–H groups in total. The number of benzene rings is 1. The number of aromatic nitrogens is 3. The molecule has 0 aliphatic rings. The summed E-state index contributed by atoms with van der Waals surface area (Å²) in [5.74, 6) is -0.456. The number of sulfonamides is 1. The van der Waals surface area contributed by atoms with E-state index in [-0.39, 0.29) is 11.4 Å². The molecule has 3 rings (SSSR count). The zero-order chi connectivity index (χ0) is 16.8. The first-order chi connectivity index (χ1) is 10.8. The molecule has 8 nitrogen and oxygen atoms in total. The van der Waals surface area contributed by atoms with Crippen LogP contribution in [0.15, 0.2) is 32.3 Å². The first-order valence-corrected chi connectivity index (χ1v) is 8.37. The smallest absolute Gasteiger partial charge is 0.408 e. The van der Waals surface area contributed by atoms with Crippen LogP contribution in [0.25, 0.3) is 11.1 Å². The maximum absolute atomic E-state index is 12.4. The Morgan fingerprint density at radius 3 is 2.74 bits per heavy atom. The van der Waals surface area contributed by atoms with Crippen LogP contribution < -0.4 is 10.5 Å². The Hall–Kier alpha value is -2.39. The van der Waals surface area contributed by atoms with Gasteiger partial charge in [0.15, 0.2) is 5.58 Å². The van der Waals surface area contributed by atoms with Gasteiger partial charge in [-0.25, -0.2) is 17.9 Å². The number of nitrogens with zero attached hydrogens (tertiary/aromatic N) is 2. The van der Waals surface area contributed by atoms with Crippen molar-refractivity contribution in [3.8, 4) is 0 Å². The van der Waals surface area contributed by atoms with Crippen LogP contribution >= 0.6 is 0 Å². The lowest BCUT2D eigenvalue weighted by Crippen LogP contribution is -2.24. The van der Waals surface area contributed by atoms with E-state index >= 15 is 0 Å². The van der Waals surface area contributed by atoms with E-state index in [2.05, 4.69) is 14.9 Å². The number of nitrogens with one attached hydrogen (secondary N) is 2. The second-order valence-electron chi connectivity index (χ2n) is 5.32. The normalized spacial score (nSPS) is 12.1. The summed E-state index contributed by atoms with van der Waals surface area (Å²) >= 11 is 0. The summed E-state index contributed by atoms with van der Waals surface area (Å²) in [6.45, 7) is 3.38. The zero-order valence-electron chi connectivity index (χ0n) is 12.9. The van der Waals surface area contributed by atoms with Gasteiger partial charge in [0.25, 0.3) is 0 Å². The molecule has 0 unspecified atom stereocenters. The van der Waals surface area contributed by atoms with Crippen molar-refractivity contribution in [1.82, 2.24) is 19.5 Å². The number of H-pyrrole nitrogens is 1. The van der Waals surface area contributed by atoms with Crippen molar-refractivity contribution >= 4 is 21.1 Å². The van der Waals surface area contributed by atoms with Crippen molar-refractivity contribution in [3.63, 3.8) is 0 Å². The molecule has 2 heterocycles. The van der Waals surface area contributed by atoms with Crippen LogP contribution in [0.2, 0.25) is 0 Å². The SMILES string of the molecule is Cc1n[nH]c(C)c1S(=O)(=O)NCc1ccc2oc(=O)n(C)c2c1. The molecule has 122 valence electrons. The molecule has 0 bridgehead atoms. The molecule has 2 aromatic heterocycles. The molecular formula is C14H16N4O4S. The number of aryl methyl sites for hydroxylation is 3. The van der Waals surface area contributed by atoms with Crippen molar-refractivity contribution in [2.75, 3.05) is 0 Å². The predicted octanol–water partition coefficient (Wildman–Crippen LogP) is 0.950. The van der Waals surface area contributed by atoms with E-state index in [1.54, 1.807) is 39.1 Å². The first kappa shape index (κ1) is 15.5. The Balaban J connectivity index is 1.88. The summed E-state index contributed by atoms with van der Waals surface area (Å²) in [6.07, 6.45) is 0. The zero-order valence-corrected chi connectivity index (χ0v) is 13.7. The molecule has 0 aliphatic carbocycles. The van der Waals surface area contributed by atoms with E-state index in [1.807, 2.05) is 0 Å². The van der Waals surface area contributed by atoms with Gasteiger partial charge >= 0.3 is 5.76 Å². The minimum Gasteiger partial charge on any atom is -0.408 e. The van der Waals surface area contributed by atoms with Crippen molar-refractivity contribution in [2.45, 2.75) is 25.3 Å². The lowest BCUT2D eigenvalue weighted by Gasteiger charge is -2.07. The summed E-state index contributed by atoms with van der Waals surface area (Å²) in [5.41, 5.74) is 2.70. The molecule has 0 saturated carbocycles. The second kappa shape index (κ2) is 5.36.